The molecule has 0 amide bonds. The van der Waals surface area contributed by atoms with Gasteiger partial charge < -0.3 is 5.32 Å². The molecule has 3 rings (SSSR count). The van der Waals surface area contributed by atoms with Crippen LogP contribution in [0.4, 0.5) is 0 Å². The minimum absolute atomic E-state index is 0.163. The van der Waals surface area contributed by atoms with Crippen molar-refractivity contribution in [3.63, 3.8) is 0 Å². The van der Waals surface area contributed by atoms with E-state index in [1.165, 1.54) is 5.39 Å². The van der Waals surface area contributed by atoms with Gasteiger partial charge in [0.1, 0.15) is 0 Å². The number of carbonyl (C=O) groups is 1. The summed E-state index contributed by atoms with van der Waals surface area (Å²) in [5, 5.41) is 6.55. The maximum Gasteiger partial charge on any atom is 0.168 e. The third kappa shape index (κ3) is 2.01. The lowest BCUT2D eigenvalue weighted by atomic mass is 9.90. The number of thiophene rings is 1. The van der Waals surface area contributed by atoms with Crippen molar-refractivity contribution in [2.45, 2.75) is 12.8 Å². The quantitative estimate of drug-likeness (QED) is 0.824. The summed E-state index contributed by atoms with van der Waals surface area (Å²) in [6.45, 7) is 1.88. The first kappa shape index (κ1) is 10.9. The highest BCUT2D eigenvalue weighted by Crippen LogP contribution is 2.27. The molecule has 2 nitrogen and oxygen atoms in total. The van der Waals surface area contributed by atoms with Gasteiger partial charge in [-0.15, -0.1) is 11.3 Å². The lowest BCUT2D eigenvalue weighted by Gasteiger charge is -2.21. The third-order valence-electron chi connectivity index (χ3n) is 3.41. The fraction of sp³-hybridized carbons (Fsp3) is 0.357. The Balaban J connectivity index is 1.97. The van der Waals surface area contributed by atoms with Crippen molar-refractivity contribution >= 4 is 27.2 Å². The molecule has 1 aliphatic heterocycles. The van der Waals surface area contributed by atoms with E-state index in [4.69, 9.17) is 0 Å². The fourth-order valence-electron chi connectivity index (χ4n) is 2.48. The van der Waals surface area contributed by atoms with Gasteiger partial charge >= 0.3 is 0 Å². The van der Waals surface area contributed by atoms with Gasteiger partial charge in [0.25, 0.3) is 0 Å². The monoisotopic (exact) mass is 245 g/mol. The van der Waals surface area contributed by atoms with E-state index < -0.39 is 0 Å². The molecule has 2 aromatic rings. The van der Waals surface area contributed by atoms with Crippen LogP contribution >= 0.6 is 11.3 Å². The van der Waals surface area contributed by atoms with Crippen molar-refractivity contribution in [2.24, 2.45) is 5.92 Å². The van der Waals surface area contributed by atoms with Crippen LogP contribution in [-0.4, -0.2) is 18.9 Å². The molecule has 0 spiro atoms. The van der Waals surface area contributed by atoms with Crippen molar-refractivity contribution in [2.75, 3.05) is 13.1 Å². The van der Waals surface area contributed by atoms with Crippen LogP contribution in [0.5, 0.6) is 0 Å². The summed E-state index contributed by atoms with van der Waals surface area (Å²) < 4.78 is 1.14. The lowest BCUT2D eigenvalue weighted by molar-refractivity contribution is 0.0901. The van der Waals surface area contributed by atoms with Crippen LogP contribution in [0.3, 0.4) is 0 Å². The van der Waals surface area contributed by atoms with Crippen LogP contribution in [0.15, 0.2) is 29.6 Å². The van der Waals surface area contributed by atoms with E-state index in [9.17, 15) is 4.79 Å². The SMILES string of the molecule is O=C(c1cccc2ccsc12)C1CCCNC1. The number of ketones is 1. The highest BCUT2D eigenvalue weighted by Gasteiger charge is 2.23. The van der Waals surface area contributed by atoms with E-state index in [2.05, 4.69) is 22.8 Å². The first-order valence-electron chi connectivity index (χ1n) is 6.07. The Hall–Kier alpha value is -1.19. The van der Waals surface area contributed by atoms with Crippen molar-refractivity contribution in [1.82, 2.24) is 5.32 Å². The number of piperidine rings is 1. The zero-order valence-corrected chi connectivity index (χ0v) is 10.4. The van der Waals surface area contributed by atoms with Gasteiger partial charge in [0.2, 0.25) is 0 Å². The molecule has 0 saturated carbocycles. The van der Waals surface area contributed by atoms with Crippen LogP contribution < -0.4 is 5.32 Å². The van der Waals surface area contributed by atoms with Gasteiger partial charge in [-0.05, 0) is 42.3 Å². The second kappa shape index (κ2) is 4.59. The zero-order valence-electron chi connectivity index (χ0n) is 9.61. The first-order chi connectivity index (χ1) is 8.36. The maximum atomic E-state index is 12.5. The molecular weight excluding hydrogens is 230 g/mol. The van der Waals surface area contributed by atoms with E-state index in [0.29, 0.717) is 5.78 Å². The molecular formula is C14H15NOS. The normalized spacial score (nSPS) is 20.6. The molecule has 1 aromatic carbocycles. The average Bonchev–Trinajstić information content (AvgIpc) is 2.87. The molecule has 1 saturated heterocycles. The van der Waals surface area contributed by atoms with Crippen molar-refractivity contribution in [3.05, 3.63) is 35.2 Å². The van der Waals surface area contributed by atoms with Crippen LogP contribution in [0.2, 0.25) is 0 Å². The standard InChI is InChI=1S/C14H15NOS/c16-13(11-4-2-7-15-9-11)12-5-1-3-10-6-8-17-14(10)12/h1,3,5-6,8,11,15H,2,4,7,9H2. The molecule has 3 heteroatoms. The molecule has 2 heterocycles. The number of nitrogens with one attached hydrogen (secondary N) is 1. The molecule has 1 unspecified atom stereocenters. The van der Waals surface area contributed by atoms with Crippen molar-refractivity contribution < 1.29 is 4.79 Å². The fourth-order valence-corrected chi connectivity index (χ4v) is 3.40. The molecule has 0 bridgehead atoms. The largest absolute Gasteiger partial charge is 0.316 e. The second-order valence-electron chi connectivity index (χ2n) is 4.55. The highest BCUT2D eigenvalue weighted by molar-refractivity contribution is 7.17. The minimum Gasteiger partial charge on any atom is -0.316 e. The Labute approximate surface area is 105 Å². The second-order valence-corrected chi connectivity index (χ2v) is 5.47. The van der Waals surface area contributed by atoms with Gasteiger partial charge in [0.15, 0.2) is 5.78 Å². The van der Waals surface area contributed by atoms with E-state index >= 15 is 0 Å². The summed E-state index contributed by atoms with van der Waals surface area (Å²) in [4.78, 5) is 12.5. The highest BCUT2D eigenvalue weighted by atomic mass is 32.1. The minimum atomic E-state index is 0.163. The van der Waals surface area contributed by atoms with Gasteiger partial charge in [-0.2, -0.15) is 0 Å². The number of Topliss-reactive ketones (excluding diaryl/α,β-unsaturated/α-hetero) is 1. The summed E-state index contributed by atoms with van der Waals surface area (Å²) in [6, 6.07) is 8.10. The van der Waals surface area contributed by atoms with Crippen LogP contribution in [0.1, 0.15) is 23.2 Å². The first-order valence-corrected chi connectivity index (χ1v) is 6.95. The molecule has 0 aliphatic carbocycles. The molecule has 0 radical (unpaired) electrons. The summed E-state index contributed by atoms with van der Waals surface area (Å²) >= 11 is 1.67. The molecule has 1 fully saturated rings. The van der Waals surface area contributed by atoms with Crippen molar-refractivity contribution in [3.8, 4) is 0 Å². The van der Waals surface area contributed by atoms with E-state index in [-0.39, 0.29) is 5.92 Å². The molecule has 1 aliphatic rings. The van der Waals surface area contributed by atoms with Gasteiger partial charge in [0.05, 0.1) is 0 Å². The molecule has 88 valence electrons. The van der Waals surface area contributed by atoms with E-state index in [1.807, 2.05) is 12.1 Å². The Kier molecular flexibility index (Phi) is 2.95. The zero-order chi connectivity index (χ0) is 11.7. The molecule has 1 atom stereocenters. The number of hydrogen-bond donors (Lipinski definition) is 1. The smallest absolute Gasteiger partial charge is 0.168 e. The summed E-state index contributed by atoms with van der Waals surface area (Å²) in [6.07, 6.45) is 2.13. The van der Waals surface area contributed by atoms with Gasteiger partial charge in [-0.1, -0.05) is 12.1 Å². The molecule has 1 aromatic heterocycles. The topological polar surface area (TPSA) is 29.1 Å². The summed E-state index contributed by atoms with van der Waals surface area (Å²) in [5.41, 5.74) is 0.909. The number of fused-ring (bicyclic) bond motifs is 1. The Bertz CT molecular complexity index is 540. The van der Waals surface area contributed by atoms with Gasteiger partial charge in [-0.3, -0.25) is 4.79 Å². The van der Waals surface area contributed by atoms with E-state index in [0.717, 1.165) is 36.2 Å². The molecule has 17 heavy (non-hydrogen) atoms. The van der Waals surface area contributed by atoms with Gasteiger partial charge in [0, 0.05) is 22.7 Å². The van der Waals surface area contributed by atoms with E-state index in [1.54, 1.807) is 11.3 Å². The summed E-state index contributed by atoms with van der Waals surface area (Å²) in [5.74, 6) is 0.474. The Morgan fingerprint density at radius 1 is 1.35 bits per heavy atom. The molecule has 1 N–H and O–H groups in total. The number of carbonyl (C=O) groups excluding carboxylic acids is 1. The number of rotatable bonds is 2. The lowest BCUT2D eigenvalue weighted by Crippen LogP contribution is -2.34. The number of hydrogen-bond acceptors (Lipinski definition) is 3. The predicted molar refractivity (Wildman–Crippen MR) is 71.7 cm³/mol. The summed E-state index contributed by atoms with van der Waals surface area (Å²) in [7, 11) is 0. The predicted octanol–water partition coefficient (Wildman–Crippen LogP) is 3.08. The van der Waals surface area contributed by atoms with Crippen LogP contribution in [0, 0.1) is 5.92 Å². The average molecular weight is 245 g/mol. The van der Waals surface area contributed by atoms with Gasteiger partial charge in [-0.25, -0.2) is 0 Å². The third-order valence-corrected chi connectivity index (χ3v) is 4.38. The number of benzene rings is 1. The van der Waals surface area contributed by atoms with Crippen molar-refractivity contribution in [1.29, 1.82) is 0 Å². The Morgan fingerprint density at radius 3 is 3.12 bits per heavy atom. The van der Waals surface area contributed by atoms with Crippen LogP contribution in [-0.2, 0) is 0 Å². The Morgan fingerprint density at radius 2 is 2.29 bits per heavy atom. The van der Waals surface area contributed by atoms with Crippen LogP contribution in [0.25, 0.3) is 10.1 Å². The maximum absolute atomic E-state index is 12.5.